The van der Waals surface area contributed by atoms with E-state index in [1.807, 2.05) is 30.3 Å². The van der Waals surface area contributed by atoms with Crippen molar-refractivity contribution in [2.24, 2.45) is 0 Å². The summed E-state index contributed by atoms with van der Waals surface area (Å²) >= 11 is 7.49. The van der Waals surface area contributed by atoms with Crippen molar-refractivity contribution >= 4 is 46.6 Å². The molecular formula is C25H23ClFN3O2S. The van der Waals surface area contributed by atoms with E-state index in [-0.39, 0.29) is 17.6 Å². The Balaban J connectivity index is 1.31. The molecule has 0 saturated carbocycles. The molecule has 1 atom stereocenters. The van der Waals surface area contributed by atoms with Crippen molar-refractivity contribution in [1.29, 1.82) is 0 Å². The van der Waals surface area contributed by atoms with Gasteiger partial charge in [0.15, 0.2) is 0 Å². The largest absolute Gasteiger partial charge is 0.371 e. The van der Waals surface area contributed by atoms with Gasteiger partial charge in [0.2, 0.25) is 5.91 Å². The highest BCUT2D eigenvalue weighted by molar-refractivity contribution is 7.98. The summed E-state index contributed by atoms with van der Waals surface area (Å²) in [6.07, 6.45) is 0.743. The Labute approximate surface area is 201 Å². The first-order valence-corrected chi connectivity index (χ1v) is 12.1. The number of thioether (sulfide) groups is 1. The Bertz CT molecular complexity index is 1140. The minimum Gasteiger partial charge on any atom is -0.371 e. The van der Waals surface area contributed by atoms with Crippen molar-refractivity contribution in [2.75, 3.05) is 22.9 Å². The van der Waals surface area contributed by atoms with Crippen LogP contribution in [0.15, 0.2) is 66.7 Å². The number of halogens is 2. The highest BCUT2D eigenvalue weighted by Gasteiger charge is 2.26. The molecular weight excluding hydrogens is 461 g/mol. The van der Waals surface area contributed by atoms with Gasteiger partial charge in [0.25, 0.3) is 5.91 Å². The molecule has 2 amide bonds. The van der Waals surface area contributed by atoms with Crippen LogP contribution in [0.4, 0.5) is 15.8 Å². The molecule has 5 nitrogen and oxygen atoms in total. The molecule has 0 radical (unpaired) electrons. The standard InChI is InChI=1S/C25H23ClFN3O2S/c26-19-7-4-8-20(27)18(19)14-33-15-23-25(32)30-22-13-17(9-10-21(22)29-23)24(31)28-12-11-16-5-2-1-3-6-16/h1-10,13,23,29H,11-12,14-15H2,(H,28,31)(H,30,32). The van der Waals surface area contributed by atoms with Crippen molar-refractivity contribution in [3.05, 3.63) is 94.3 Å². The van der Waals surface area contributed by atoms with Crippen LogP contribution in [0.25, 0.3) is 0 Å². The summed E-state index contributed by atoms with van der Waals surface area (Å²) < 4.78 is 13.9. The zero-order valence-corrected chi connectivity index (χ0v) is 19.3. The highest BCUT2D eigenvalue weighted by Crippen LogP contribution is 2.30. The minimum atomic E-state index is -0.474. The Kier molecular flexibility index (Phi) is 7.52. The van der Waals surface area contributed by atoms with Gasteiger partial charge in [-0.05, 0) is 42.3 Å². The van der Waals surface area contributed by atoms with Gasteiger partial charge in [-0.2, -0.15) is 11.8 Å². The Morgan fingerprint density at radius 3 is 2.67 bits per heavy atom. The predicted molar refractivity (Wildman–Crippen MR) is 133 cm³/mol. The molecule has 0 spiro atoms. The van der Waals surface area contributed by atoms with E-state index in [9.17, 15) is 14.0 Å². The van der Waals surface area contributed by atoms with Crippen molar-refractivity contribution in [3.63, 3.8) is 0 Å². The van der Waals surface area contributed by atoms with Crippen molar-refractivity contribution in [2.45, 2.75) is 18.2 Å². The van der Waals surface area contributed by atoms with Crippen LogP contribution in [0.2, 0.25) is 5.02 Å². The van der Waals surface area contributed by atoms with E-state index in [1.165, 1.54) is 17.8 Å². The minimum absolute atomic E-state index is 0.192. The fraction of sp³-hybridized carbons (Fsp3) is 0.200. The van der Waals surface area contributed by atoms with Gasteiger partial charge >= 0.3 is 0 Å². The van der Waals surface area contributed by atoms with Crippen LogP contribution in [0, 0.1) is 5.82 Å². The summed E-state index contributed by atoms with van der Waals surface area (Å²) in [5.74, 6) is 0.0681. The van der Waals surface area contributed by atoms with E-state index >= 15 is 0 Å². The predicted octanol–water partition coefficient (Wildman–Crippen LogP) is 5.12. The number of benzene rings is 3. The summed E-state index contributed by atoms with van der Waals surface area (Å²) in [6.45, 7) is 0.524. The Morgan fingerprint density at radius 2 is 1.88 bits per heavy atom. The zero-order valence-electron chi connectivity index (χ0n) is 17.7. The lowest BCUT2D eigenvalue weighted by molar-refractivity contribution is -0.116. The quantitative estimate of drug-likeness (QED) is 0.416. The number of carbonyl (C=O) groups excluding carboxylic acids is 2. The zero-order chi connectivity index (χ0) is 23.2. The first kappa shape index (κ1) is 23.1. The molecule has 0 fully saturated rings. The number of nitrogens with one attached hydrogen (secondary N) is 3. The monoisotopic (exact) mass is 483 g/mol. The third-order valence-electron chi connectivity index (χ3n) is 5.32. The van der Waals surface area contributed by atoms with Crippen molar-refractivity contribution in [3.8, 4) is 0 Å². The van der Waals surface area contributed by atoms with Crippen molar-refractivity contribution in [1.82, 2.24) is 5.32 Å². The second-order valence-corrected chi connectivity index (χ2v) is 9.09. The van der Waals surface area contributed by atoms with Gasteiger partial charge in [-0.25, -0.2) is 4.39 Å². The van der Waals surface area contributed by atoms with Gasteiger partial charge in [-0.1, -0.05) is 48.0 Å². The first-order chi connectivity index (χ1) is 16.0. The van der Waals surface area contributed by atoms with Gasteiger partial charge in [0.05, 0.1) is 11.4 Å². The summed E-state index contributed by atoms with van der Waals surface area (Å²) in [5.41, 5.74) is 3.37. The molecule has 1 aliphatic rings. The Morgan fingerprint density at radius 1 is 1.06 bits per heavy atom. The van der Waals surface area contributed by atoms with Gasteiger partial charge in [-0.15, -0.1) is 0 Å². The van der Waals surface area contributed by atoms with Gasteiger partial charge in [0.1, 0.15) is 11.9 Å². The SMILES string of the molecule is O=C(NCCc1ccccc1)c1ccc2c(c1)NC(=O)C(CSCc1c(F)cccc1Cl)N2. The van der Waals surface area contributed by atoms with Crippen LogP contribution in [-0.4, -0.2) is 30.2 Å². The molecule has 4 rings (SSSR count). The van der Waals surface area contributed by atoms with Gasteiger partial charge in [0, 0.05) is 34.2 Å². The lowest BCUT2D eigenvalue weighted by Gasteiger charge is -2.27. The topological polar surface area (TPSA) is 70.2 Å². The number of anilines is 2. The van der Waals surface area contributed by atoms with Gasteiger partial charge < -0.3 is 16.0 Å². The number of rotatable bonds is 8. The van der Waals surface area contributed by atoms with Crippen LogP contribution >= 0.6 is 23.4 Å². The summed E-state index contributed by atoms with van der Waals surface area (Å²) in [5, 5.41) is 9.35. The average Bonchev–Trinajstić information content (AvgIpc) is 2.81. The average molecular weight is 484 g/mol. The number of hydrogen-bond acceptors (Lipinski definition) is 4. The summed E-state index contributed by atoms with van der Waals surface area (Å²) in [4.78, 5) is 25.1. The van der Waals surface area contributed by atoms with Crippen LogP contribution in [-0.2, 0) is 17.0 Å². The third-order valence-corrected chi connectivity index (χ3v) is 6.74. The van der Waals surface area contributed by atoms with Crippen LogP contribution in [0.3, 0.4) is 0 Å². The number of hydrogen-bond donors (Lipinski definition) is 3. The van der Waals surface area contributed by atoms with E-state index in [0.29, 0.717) is 39.9 Å². The van der Waals surface area contributed by atoms with E-state index in [4.69, 9.17) is 11.6 Å². The molecule has 0 aliphatic carbocycles. The van der Waals surface area contributed by atoms with E-state index in [0.717, 1.165) is 17.7 Å². The van der Waals surface area contributed by atoms with E-state index in [1.54, 1.807) is 30.3 Å². The first-order valence-electron chi connectivity index (χ1n) is 10.6. The van der Waals surface area contributed by atoms with E-state index < -0.39 is 6.04 Å². The lowest BCUT2D eigenvalue weighted by Crippen LogP contribution is -2.40. The Hall–Kier alpha value is -3.03. The smallest absolute Gasteiger partial charge is 0.251 e. The van der Waals surface area contributed by atoms with Gasteiger partial charge in [-0.3, -0.25) is 9.59 Å². The highest BCUT2D eigenvalue weighted by atomic mass is 35.5. The maximum atomic E-state index is 13.9. The third kappa shape index (κ3) is 5.86. The fourth-order valence-electron chi connectivity index (χ4n) is 3.52. The van der Waals surface area contributed by atoms with E-state index in [2.05, 4.69) is 16.0 Å². The maximum Gasteiger partial charge on any atom is 0.251 e. The number of carbonyl (C=O) groups is 2. The molecule has 3 N–H and O–H groups in total. The molecule has 8 heteroatoms. The molecule has 1 aliphatic heterocycles. The molecule has 3 aromatic carbocycles. The fourth-order valence-corrected chi connectivity index (χ4v) is 4.92. The molecule has 1 unspecified atom stereocenters. The molecule has 0 bridgehead atoms. The molecule has 33 heavy (non-hydrogen) atoms. The lowest BCUT2D eigenvalue weighted by atomic mass is 10.1. The van der Waals surface area contributed by atoms with Crippen molar-refractivity contribution < 1.29 is 14.0 Å². The normalized spacial score (nSPS) is 14.7. The molecule has 1 heterocycles. The number of fused-ring (bicyclic) bond motifs is 1. The summed E-state index contributed by atoms with van der Waals surface area (Å²) in [6, 6.07) is 19.2. The molecule has 0 saturated heterocycles. The number of amides is 2. The molecule has 0 aromatic heterocycles. The van der Waals surface area contributed by atoms with Crippen LogP contribution in [0.5, 0.6) is 0 Å². The second kappa shape index (κ2) is 10.7. The molecule has 3 aromatic rings. The second-order valence-electron chi connectivity index (χ2n) is 7.65. The van der Waals surface area contributed by atoms with Crippen LogP contribution in [0.1, 0.15) is 21.5 Å². The summed E-state index contributed by atoms with van der Waals surface area (Å²) in [7, 11) is 0. The maximum absolute atomic E-state index is 13.9. The molecule has 170 valence electrons. The van der Waals surface area contributed by atoms with Crippen LogP contribution < -0.4 is 16.0 Å².